The molecule has 0 aliphatic carbocycles. The first-order valence-electron chi connectivity index (χ1n) is 9.96. The van der Waals surface area contributed by atoms with Crippen molar-refractivity contribution in [2.45, 2.75) is 38.3 Å². The van der Waals surface area contributed by atoms with Crippen molar-refractivity contribution in [2.24, 2.45) is 0 Å². The Morgan fingerprint density at radius 3 is 2.67 bits per heavy atom. The summed E-state index contributed by atoms with van der Waals surface area (Å²) < 4.78 is 11.7. The van der Waals surface area contributed by atoms with Crippen molar-refractivity contribution >= 4 is 11.8 Å². The van der Waals surface area contributed by atoms with E-state index in [1.165, 1.54) is 7.11 Å². The second kappa shape index (κ2) is 10.1. The lowest BCUT2D eigenvalue weighted by Gasteiger charge is -2.34. The number of amides is 2. The molecular weight excluding hydrogens is 388 g/mol. The molecule has 2 heterocycles. The van der Waals surface area contributed by atoms with Gasteiger partial charge in [0.2, 0.25) is 11.8 Å². The lowest BCUT2D eigenvalue weighted by molar-refractivity contribution is -0.136. The van der Waals surface area contributed by atoms with Gasteiger partial charge in [-0.15, -0.1) is 5.10 Å². The van der Waals surface area contributed by atoms with Crippen LogP contribution in [0, 0.1) is 6.92 Å². The Balaban J connectivity index is 1.70. The predicted octanol–water partition coefficient (Wildman–Crippen LogP) is 0.528. The number of methoxy groups -OCH3 is 2. The van der Waals surface area contributed by atoms with Gasteiger partial charge in [-0.1, -0.05) is 12.1 Å². The van der Waals surface area contributed by atoms with Crippen LogP contribution in [0.1, 0.15) is 30.3 Å². The number of nitrogens with zero attached hydrogens (tertiary/aromatic N) is 5. The minimum absolute atomic E-state index is 0.0325. The van der Waals surface area contributed by atoms with E-state index >= 15 is 0 Å². The zero-order valence-corrected chi connectivity index (χ0v) is 17.6. The molecule has 10 heteroatoms. The van der Waals surface area contributed by atoms with Crippen LogP contribution in [0.15, 0.2) is 24.3 Å². The van der Waals surface area contributed by atoms with Gasteiger partial charge in [-0.25, -0.2) is 4.68 Å². The topological polar surface area (TPSA) is 111 Å². The van der Waals surface area contributed by atoms with E-state index in [-0.39, 0.29) is 24.5 Å². The van der Waals surface area contributed by atoms with Crippen LogP contribution in [-0.2, 0) is 20.7 Å². The van der Waals surface area contributed by atoms with Crippen molar-refractivity contribution in [3.63, 3.8) is 0 Å². The molecule has 1 N–H and O–H groups in total. The van der Waals surface area contributed by atoms with Gasteiger partial charge in [-0.2, -0.15) is 0 Å². The van der Waals surface area contributed by atoms with Gasteiger partial charge in [-0.05, 0) is 47.9 Å². The first kappa shape index (κ1) is 21.7. The average Bonchev–Trinajstić information content (AvgIpc) is 3.18. The fraction of sp³-hybridized carbons (Fsp3) is 0.550. The molecule has 1 fully saturated rings. The van der Waals surface area contributed by atoms with Gasteiger partial charge in [0.05, 0.1) is 7.11 Å². The summed E-state index contributed by atoms with van der Waals surface area (Å²) in [6, 6.07) is 7.13. The van der Waals surface area contributed by atoms with Crippen molar-refractivity contribution in [2.75, 3.05) is 33.9 Å². The van der Waals surface area contributed by atoms with Crippen molar-refractivity contribution < 1.29 is 19.1 Å². The number of ether oxygens (including phenoxy) is 2. The number of tetrazole rings is 1. The molecule has 2 amide bonds. The molecule has 30 heavy (non-hydrogen) atoms. The number of benzene rings is 1. The Hall–Kier alpha value is -3.01. The highest BCUT2D eigenvalue weighted by Gasteiger charge is 2.31. The summed E-state index contributed by atoms with van der Waals surface area (Å²) >= 11 is 0. The summed E-state index contributed by atoms with van der Waals surface area (Å²) in [6.07, 6.45) is 1.84. The monoisotopic (exact) mass is 416 g/mol. The van der Waals surface area contributed by atoms with E-state index in [9.17, 15) is 9.59 Å². The lowest BCUT2D eigenvalue weighted by atomic mass is 10.0. The van der Waals surface area contributed by atoms with Crippen molar-refractivity contribution in [3.05, 3.63) is 35.7 Å². The Labute approximate surface area is 175 Å². The Bertz CT molecular complexity index is 862. The number of likely N-dealkylation sites (tertiary alicyclic amines) is 1. The molecule has 1 aliphatic heterocycles. The third-order valence-electron chi connectivity index (χ3n) is 5.25. The van der Waals surface area contributed by atoms with E-state index in [0.29, 0.717) is 38.2 Å². The molecular formula is C20H28N6O4. The molecule has 1 atom stereocenters. The van der Waals surface area contributed by atoms with Crippen LogP contribution in [0.5, 0.6) is 5.75 Å². The highest BCUT2D eigenvalue weighted by molar-refractivity contribution is 5.81. The molecule has 0 spiro atoms. The first-order chi connectivity index (χ1) is 14.5. The summed E-state index contributed by atoms with van der Waals surface area (Å²) in [4.78, 5) is 27.0. The first-order valence-corrected chi connectivity index (χ1v) is 9.96. The van der Waals surface area contributed by atoms with E-state index in [1.807, 2.05) is 29.2 Å². The molecule has 1 saturated heterocycles. The van der Waals surface area contributed by atoms with E-state index in [2.05, 4.69) is 20.8 Å². The summed E-state index contributed by atoms with van der Waals surface area (Å²) in [5.74, 6) is 1.15. The van der Waals surface area contributed by atoms with E-state index in [4.69, 9.17) is 9.47 Å². The molecule has 162 valence electrons. The summed E-state index contributed by atoms with van der Waals surface area (Å²) in [6.45, 7) is 2.95. The number of aryl methyl sites for hydroxylation is 1. The number of rotatable bonds is 8. The maximum atomic E-state index is 13.4. The van der Waals surface area contributed by atoms with Crippen LogP contribution in [-0.4, -0.2) is 76.9 Å². The zero-order valence-electron chi connectivity index (χ0n) is 17.6. The van der Waals surface area contributed by atoms with Gasteiger partial charge in [0.15, 0.2) is 0 Å². The smallest absolute Gasteiger partial charge is 0.247 e. The fourth-order valence-corrected chi connectivity index (χ4v) is 3.68. The summed E-state index contributed by atoms with van der Waals surface area (Å²) in [5.41, 5.74) is 0.962. The molecule has 10 nitrogen and oxygen atoms in total. The van der Waals surface area contributed by atoms with Crippen molar-refractivity contribution in [1.29, 1.82) is 0 Å². The predicted molar refractivity (Wildman–Crippen MR) is 108 cm³/mol. The Morgan fingerprint density at radius 1 is 1.27 bits per heavy atom. The standard InChI is InChI=1S/C20H28N6O4/c1-14-22-23-24-26(14)18(12-15-5-4-6-17(11-15)30-3)20(28)25-9-7-16(8-10-25)21-19(27)13-29-2/h4-6,11,16,18H,7-10,12-13H2,1-3H3,(H,21,27)/t18-/m0/s1. The van der Waals surface area contributed by atoms with Gasteiger partial charge in [0.1, 0.15) is 24.2 Å². The second-order valence-electron chi connectivity index (χ2n) is 7.34. The second-order valence-corrected chi connectivity index (χ2v) is 7.34. The minimum Gasteiger partial charge on any atom is -0.497 e. The quantitative estimate of drug-likeness (QED) is 0.668. The molecule has 0 bridgehead atoms. The van der Waals surface area contributed by atoms with Gasteiger partial charge in [0, 0.05) is 32.7 Å². The fourth-order valence-electron chi connectivity index (χ4n) is 3.68. The maximum absolute atomic E-state index is 13.4. The molecule has 0 saturated carbocycles. The van der Waals surface area contributed by atoms with Crippen molar-refractivity contribution in [1.82, 2.24) is 30.4 Å². The SMILES string of the molecule is COCC(=O)NC1CCN(C(=O)[C@H](Cc2cccc(OC)c2)n2nnnc2C)CC1. The average molecular weight is 416 g/mol. The maximum Gasteiger partial charge on any atom is 0.247 e. The molecule has 1 aromatic heterocycles. The molecule has 1 aliphatic rings. The molecule has 0 radical (unpaired) electrons. The molecule has 1 aromatic carbocycles. The number of carbonyl (C=O) groups is 2. The number of aromatic nitrogens is 4. The number of hydrogen-bond donors (Lipinski definition) is 1. The number of piperidine rings is 1. The highest BCUT2D eigenvalue weighted by Crippen LogP contribution is 2.23. The lowest BCUT2D eigenvalue weighted by Crippen LogP contribution is -2.49. The Morgan fingerprint density at radius 2 is 2.03 bits per heavy atom. The third-order valence-corrected chi connectivity index (χ3v) is 5.25. The molecule has 2 aromatic rings. The van der Waals surface area contributed by atoms with Crippen LogP contribution >= 0.6 is 0 Å². The highest BCUT2D eigenvalue weighted by atomic mass is 16.5. The van der Waals surface area contributed by atoms with Crippen LogP contribution in [0.4, 0.5) is 0 Å². The summed E-state index contributed by atoms with van der Waals surface area (Å²) in [5, 5.41) is 14.7. The normalized spacial score (nSPS) is 15.6. The third kappa shape index (κ3) is 5.32. The van der Waals surface area contributed by atoms with Gasteiger partial charge in [-0.3, -0.25) is 9.59 Å². The molecule has 0 unspecified atom stereocenters. The van der Waals surface area contributed by atoms with Crippen LogP contribution in [0.2, 0.25) is 0 Å². The van der Waals surface area contributed by atoms with Gasteiger partial charge < -0.3 is 19.7 Å². The summed E-state index contributed by atoms with van der Waals surface area (Å²) in [7, 11) is 3.10. The van der Waals surface area contributed by atoms with Gasteiger partial charge >= 0.3 is 0 Å². The number of hydrogen-bond acceptors (Lipinski definition) is 7. The largest absolute Gasteiger partial charge is 0.497 e. The van der Waals surface area contributed by atoms with Crippen molar-refractivity contribution in [3.8, 4) is 5.75 Å². The van der Waals surface area contributed by atoms with E-state index in [0.717, 1.165) is 11.3 Å². The number of nitrogens with one attached hydrogen (secondary N) is 1. The number of carbonyl (C=O) groups excluding carboxylic acids is 2. The van der Waals surface area contributed by atoms with Crippen LogP contribution in [0.25, 0.3) is 0 Å². The molecule has 3 rings (SSSR count). The van der Waals surface area contributed by atoms with Crippen LogP contribution < -0.4 is 10.1 Å². The van der Waals surface area contributed by atoms with Crippen LogP contribution in [0.3, 0.4) is 0 Å². The Kier molecular flexibility index (Phi) is 7.34. The zero-order chi connectivity index (χ0) is 21.5. The van der Waals surface area contributed by atoms with Gasteiger partial charge in [0.25, 0.3) is 0 Å². The van der Waals surface area contributed by atoms with E-state index < -0.39 is 6.04 Å². The minimum atomic E-state index is -0.549. The van der Waals surface area contributed by atoms with E-state index in [1.54, 1.807) is 18.7 Å².